The Bertz CT molecular complexity index is 1620. The van der Waals surface area contributed by atoms with Gasteiger partial charge in [0.05, 0.1) is 17.1 Å². The number of hydrogen-bond acceptors (Lipinski definition) is 6. The van der Waals surface area contributed by atoms with Crippen LogP contribution in [0.3, 0.4) is 0 Å². The number of thioether (sulfide) groups is 1. The first kappa shape index (κ1) is 28.9. The number of alkyl halides is 3. The fourth-order valence-electron chi connectivity index (χ4n) is 4.37. The molecule has 0 unspecified atom stereocenters. The first-order valence-corrected chi connectivity index (χ1v) is 14.0. The van der Waals surface area contributed by atoms with E-state index >= 15 is 0 Å². The summed E-state index contributed by atoms with van der Waals surface area (Å²) in [5, 5.41) is 7.06. The van der Waals surface area contributed by atoms with Crippen molar-refractivity contribution in [1.82, 2.24) is 20.1 Å². The van der Waals surface area contributed by atoms with Crippen molar-refractivity contribution < 1.29 is 27.5 Å². The molecule has 9 nitrogen and oxygen atoms in total. The molecule has 5 rings (SSSR count). The zero-order valence-corrected chi connectivity index (χ0v) is 23.2. The van der Waals surface area contributed by atoms with Crippen LogP contribution in [0, 0.1) is 0 Å². The number of hydrogen-bond donors (Lipinski definition) is 1. The number of urea groups is 1. The molecule has 1 aliphatic rings. The lowest BCUT2D eigenvalue weighted by Crippen LogP contribution is -2.32. The molecule has 4 aromatic rings. The lowest BCUT2D eigenvalue weighted by Gasteiger charge is -2.19. The Morgan fingerprint density at radius 2 is 1.88 bits per heavy atom. The van der Waals surface area contributed by atoms with Crippen molar-refractivity contribution in [3.63, 3.8) is 0 Å². The number of rotatable bonds is 8. The van der Waals surface area contributed by atoms with Crippen LogP contribution in [-0.4, -0.2) is 50.5 Å². The topological polar surface area (TPSA) is 102 Å². The predicted molar refractivity (Wildman–Crippen MR) is 154 cm³/mol. The highest BCUT2D eigenvalue weighted by atomic mass is 32.2. The molecule has 0 radical (unpaired) electrons. The van der Waals surface area contributed by atoms with Gasteiger partial charge in [-0.15, -0.1) is 18.3 Å². The molecular weight excluding hydrogens is 569 g/mol. The number of amides is 3. The van der Waals surface area contributed by atoms with E-state index in [1.54, 1.807) is 0 Å². The van der Waals surface area contributed by atoms with E-state index in [1.807, 2.05) is 55.5 Å². The number of halogens is 3. The molecule has 0 aliphatic carbocycles. The number of nitrogens with zero attached hydrogens (tertiary/aromatic N) is 5. The molecule has 1 saturated heterocycles. The Morgan fingerprint density at radius 3 is 2.64 bits per heavy atom. The minimum absolute atomic E-state index is 0.164. The summed E-state index contributed by atoms with van der Waals surface area (Å²) in [6, 6.07) is 19.8. The SMILES string of the molecule is CCc1ccccc1N1C(=O)SCC1=NC(=O)NCCc1cccc(-c2ncn(-c3ccc(OC(F)(F)F)cc3)n2)c1. The zero-order chi connectivity index (χ0) is 29.7. The summed E-state index contributed by atoms with van der Waals surface area (Å²) in [4.78, 5) is 35.2. The number of aryl methyl sites for hydroxylation is 1. The number of benzene rings is 3. The lowest BCUT2D eigenvalue weighted by molar-refractivity contribution is -0.274. The summed E-state index contributed by atoms with van der Waals surface area (Å²) >= 11 is 1.11. The molecule has 0 spiro atoms. The second kappa shape index (κ2) is 12.5. The van der Waals surface area contributed by atoms with Crippen LogP contribution in [0.5, 0.6) is 5.75 Å². The van der Waals surface area contributed by atoms with E-state index in [0.717, 1.165) is 40.6 Å². The smallest absolute Gasteiger partial charge is 0.406 e. The average molecular weight is 595 g/mol. The van der Waals surface area contributed by atoms with E-state index in [0.29, 0.717) is 36.1 Å². The summed E-state index contributed by atoms with van der Waals surface area (Å²) in [5.41, 5.74) is 3.91. The number of nitrogens with one attached hydrogen (secondary N) is 1. The molecule has 0 atom stereocenters. The molecular formula is C29H25F3N6O3S. The number of aromatic nitrogens is 3. The van der Waals surface area contributed by atoms with Crippen LogP contribution in [0.25, 0.3) is 17.1 Å². The van der Waals surface area contributed by atoms with Crippen LogP contribution in [0.4, 0.5) is 28.4 Å². The van der Waals surface area contributed by atoms with Crippen LogP contribution in [0.2, 0.25) is 0 Å². The number of carbonyl (C=O) groups excluding carboxylic acids is 2. The summed E-state index contributed by atoms with van der Waals surface area (Å²) in [6.45, 7) is 2.32. The minimum Gasteiger partial charge on any atom is -0.406 e. The summed E-state index contributed by atoms with van der Waals surface area (Å²) in [7, 11) is 0. The second-order valence-electron chi connectivity index (χ2n) is 9.14. The summed E-state index contributed by atoms with van der Waals surface area (Å²) in [6.07, 6.45) is -2.04. The normalized spacial score (nSPS) is 14.4. The highest BCUT2D eigenvalue weighted by Gasteiger charge is 2.32. The first-order chi connectivity index (χ1) is 20.2. The highest BCUT2D eigenvalue weighted by molar-refractivity contribution is 8.15. The number of aliphatic imine (C=N–C) groups is 1. The summed E-state index contributed by atoms with van der Waals surface area (Å²) < 4.78 is 42.6. The van der Waals surface area contributed by atoms with E-state index in [1.165, 1.54) is 40.2 Å². The fourth-order valence-corrected chi connectivity index (χ4v) is 5.14. The highest BCUT2D eigenvalue weighted by Crippen LogP contribution is 2.30. The Morgan fingerprint density at radius 1 is 1.10 bits per heavy atom. The number of ether oxygens (including phenoxy) is 1. The summed E-state index contributed by atoms with van der Waals surface area (Å²) in [5.74, 6) is 0.818. The largest absolute Gasteiger partial charge is 0.573 e. The van der Waals surface area contributed by atoms with Crippen molar-refractivity contribution in [3.05, 3.63) is 90.3 Å². The quantitative estimate of drug-likeness (QED) is 0.253. The number of anilines is 1. The van der Waals surface area contributed by atoms with E-state index < -0.39 is 12.4 Å². The number of amidine groups is 1. The van der Waals surface area contributed by atoms with Crippen molar-refractivity contribution in [3.8, 4) is 22.8 Å². The van der Waals surface area contributed by atoms with E-state index in [4.69, 9.17) is 0 Å². The molecule has 42 heavy (non-hydrogen) atoms. The Hall–Kier alpha value is -4.65. The zero-order valence-electron chi connectivity index (χ0n) is 22.3. The van der Waals surface area contributed by atoms with Gasteiger partial charge in [0.2, 0.25) is 0 Å². The van der Waals surface area contributed by atoms with Gasteiger partial charge in [-0.2, -0.15) is 4.99 Å². The van der Waals surface area contributed by atoms with E-state index in [9.17, 15) is 22.8 Å². The van der Waals surface area contributed by atoms with Crippen LogP contribution in [0.15, 0.2) is 84.1 Å². The molecule has 1 aliphatic heterocycles. The first-order valence-electron chi connectivity index (χ1n) is 13.0. The molecule has 13 heteroatoms. The van der Waals surface area contributed by atoms with Crippen molar-refractivity contribution in [1.29, 1.82) is 0 Å². The third-order valence-corrected chi connectivity index (χ3v) is 7.14. The molecule has 3 amide bonds. The van der Waals surface area contributed by atoms with Crippen molar-refractivity contribution >= 4 is 34.6 Å². The molecule has 3 aromatic carbocycles. The molecule has 1 N–H and O–H groups in total. The van der Waals surface area contributed by atoms with Crippen molar-refractivity contribution in [2.45, 2.75) is 26.1 Å². The molecule has 1 fully saturated rings. The lowest BCUT2D eigenvalue weighted by atomic mass is 10.1. The molecule has 2 heterocycles. The number of para-hydroxylation sites is 1. The van der Waals surface area contributed by atoms with Crippen LogP contribution in [-0.2, 0) is 12.8 Å². The number of carbonyl (C=O) groups is 2. The van der Waals surface area contributed by atoms with Crippen molar-refractivity contribution in [2.24, 2.45) is 4.99 Å². The molecule has 216 valence electrons. The van der Waals surface area contributed by atoms with Crippen molar-refractivity contribution in [2.75, 3.05) is 17.2 Å². The third-order valence-electron chi connectivity index (χ3n) is 6.31. The van der Waals surface area contributed by atoms with Gasteiger partial charge in [0, 0.05) is 12.1 Å². The molecule has 1 aromatic heterocycles. The van der Waals surface area contributed by atoms with E-state index in [-0.39, 0.29) is 11.0 Å². The standard InChI is InChI=1S/C29H25F3N6O3S/c1-2-20-7-3-4-9-24(20)38-25(17-42-28(38)40)35-27(39)33-15-14-19-6-5-8-21(16-19)26-34-18-37(36-26)22-10-12-23(13-11-22)41-29(30,31)32/h3-13,16,18H,2,14-15,17H2,1H3,(H,33,39). The fraction of sp³-hybridized carbons (Fsp3) is 0.207. The van der Waals surface area contributed by atoms with Gasteiger partial charge in [-0.3, -0.25) is 9.69 Å². The van der Waals surface area contributed by atoms with Crippen LogP contribution in [0.1, 0.15) is 18.1 Å². The van der Waals surface area contributed by atoms with E-state index in [2.05, 4.69) is 25.1 Å². The Labute approximate surface area is 243 Å². The third kappa shape index (κ3) is 6.97. The van der Waals surface area contributed by atoms with Gasteiger partial charge < -0.3 is 10.1 Å². The maximum atomic E-state index is 12.6. The van der Waals surface area contributed by atoms with Gasteiger partial charge in [0.1, 0.15) is 17.9 Å². The average Bonchev–Trinajstić information content (AvgIpc) is 3.60. The maximum absolute atomic E-state index is 12.6. The van der Waals surface area contributed by atoms with Crippen LogP contribution >= 0.6 is 11.8 Å². The Kier molecular flexibility index (Phi) is 8.57. The monoisotopic (exact) mass is 594 g/mol. The van der Waals surface area contributed by atoms with Gasteiger partial charge in [0.15, 0.2) is 5.82 Å². The van der Waals surface area contributed by atoms with Gasteiger partial charge >= 0.3 is 12.4 Å². The Balaban J connectivity index is 1.20. The van der Waals surface area contributed by atoms with Gasteiger partial charge in [0.25, 0.3) is 5.24 Å². The predicted octanol–water partition coefficient (Wildman–Crippen LogP) is 6.42. The minimum atomic E-state index is -4.76. The molecule has 0 saturated carbocycles. The maximum Gasteiger partial charge on any atom is 0.573 e. The molecule has 0 bridgehead atoms. The van der Waals surface area contributed by atoms with Crippen LogP contribution < -0.4 is 15.0 Å². The van der Waals surface area contributed by atoms with Gasteiger partial charge in [-0.05, 0) is 60.4 Å². The van der Waals surface area contributed by atoms with Gasteiger partial charge in [-0.1, -0.05) is 55.1 Å². The van der Waals surface area contributed by atoms with Gasteiger partial charge in [-0.25, -0.2) is 14.5 Å². The second-order valence-corrected chi connectivity index (χ2v) is 10.1.